The summed E-state index contributed by atoms with van der Waals surface area (Å²) in [5.41, 5.74) is 6.98. The van der Waals surface area contributed by atoms with Gasteiger partial charge in [-0.1, -0.05) is 30.3 Å². The van der Waals surface area contributed by atoms with Crippen LogP contribution in [0.4, 0.5) is 0 Å². The topological polar surface area (TPSA) is 61.8 Å². The Labute approximate surface area is 118 Å². The number of fused-ring (bicyclic) bond motifs is 1. The highest BCUT2D eigenvalue weighted by Crippen LogP contribution is 2.36. The third-order valence-electron chi connectivity index (χ3n) is 3.44. The summed E-state index contributed by atoms with van der Waals surface area (Å²) >= 11 is 1.97. The summed E-state index contributed by atoms with van der Waals surface area (Å²) in [6.07, 6.45) is 1.76. The Hall–Kier alpha value is -1.20. The van der Waals surface area contributed by atoms with Gasteiger partial charge in [0.25, 0.3) is 0 Å². The standard InChI is InChI=1S/C14H21N3OS/c1-2-17(8-7-14(15)16-18)10-12-9-11-5-3-4-6-13(11)19-12/h3-6,12,18H,2,7-10H2,1H3,(H2,15,16). The lowest BCUT2D eigenvalue weighted by atomic mass is 10.1. The van der Waals surface area contributed by atoms with Crippen molar-refractivity contribution < 1.29 is 5.21 Å². The van der Waals surface area contributed by atoms with Crippen LogP contribution in [-0.4, -0.2) is 40.8 Å². The van der Waals surface area contributed by atoms with Crippen LogP contribution in [-0.2, 0) is 6.42 Å². The van der Waals surface area contributed by atoms with E-state index < -0.39 is 0 Å². The van der Waals surface area contributed by atoms with Crippen LogP contribution >= 0.6 is 11.8 Å². The van der Waals surface area contributed by atoms with E-state index in [1.807, 2.05) is 11.8 Å². The lowest BCUT2D eigenvalue weighted by Gasteiger charge is -2.23. The Balaban J connectivity index is 1.84. The lowest BCUT2D eigenvalue weighted by Crippen LogP contribution is -2.33. The number of oxime groups is 1. The number of hydrogen-bond acceptors (Lipinski definition) is 4. The number of nitrogens with two attached hydrogens (primary N) is 1. The van der Waals surface area contributed by atoms with E-state index in [2.05, 4.69) is 41.2 Å². The average molecular weight is 279 g/mol. The molecule has 4 nitrogen and oxygen atoms in total. The third-order valence-corrected chi connectivity index (χ3v) is 4.74. The molecule has 1 aliphatic heterocycles. The van der Waals surface area contributed by atoms with Crippen LogP contribution < -0.4 is 5.73 Å². The number of hydrogen-bond donors (Lipinski definition) is 2. The number of rotatable bonds is 6. The van der Waals surface area contributed by atoms with Crippen LogP contribution in [0.5, 0.6) is 0 Å². The molecular weight excluding hydrogens is 258 g/mol. The van der Waals surface area contributed by atoms with Crippen LogP contribution in [0.3, 0.4) is 0 Å². The minimum atomic E-state index is 0.306. The molecule has 104 valence electrons. The molecule has 0 saturated carbocycles. The highest BCUT2D eigenvalue weighted by molar-refractivity contribution is 8.00. The van der Waals surface area contributed by atoms with Crippen LogP contribution in [0, 0.1) is 0 Å². The van der Waals surface area contributed by atoms with Crippen molar-refractivity contribution in [3.8, 4) is 0 Å². The Morgan fingerprint density at radius 2 is 2.32 bits per heavy atom. The van der Waals surface area contributed by atoms with Gasteiger partial charge in [0.1, 0.15) is 5.84 Å². The minimum absolute atomic E-state index is 0.306. The summed E-state index contributed by atoms with van der Waals surface area (Å²) in [4.78, 5) is 3.78. The van der Waals surface area contributed by atoms with Gasteiger partial charge in [-0.25, -0.2) is 0 Å². The molecule has 0 saturated heterocycles. The van der Waals surface area contributed by atoms with Gasteiger partial charge in [0.15, 0.2) is 0 Å². The molecule has 2 rings (SSSR count). The fourth-order valence-electron chi connectivity index (χ4n) is 2.34. The number of amidine groups is 1. The maximum absolute atomic E-state index is 8.56. The van der Waals surface area contributed by atoms with Gasteiger partial charge in [-0.3, -0.25) is 0 Å². The first kappa shape index (κ1) is 14.2. The van der Waals surface area contributed by atoms with Crippen molar-refractivity contribution in [2.75, 3.05) is 19.6 Å². The number of thioether (sulfide) groups is 1. The van der Waals surface area contributed by atoms with Gasteiger partial charge in [-0.2, -0.15) is 0 Å². The van der Waals surface area contributed by atoms with Crippen LogP contribution in [0.15, 0.2) is 34.3 Å². The van der Waals surface area contributed by atoms with Crippen molar-refractivity contribution >= 4 is 17.6 Å². The minimum Gasteiger partial charge on any atom is -0.409 e. The molecule has 0 aromatic heterocycles. The van der Waals surface area contributed by atoms with Crippen molar-refractivity contribution in [2.45, 2.75) is 29.9 Å². The summed E-state index contributed by atoms with van der Waals surface area (Å²) in [5, 5.41) is 12.2. The third kappa shape index (κ3) is 3.88. The molecule has 1 aliphatic rings. The van der Waals surface area contributed by atoms with E-state index in [0.29, 0.717) is 17.5 Å². The molecule has 0 amide bonds. The summed E-state index contributed by atoms with van der Waals surface area (Å²) in [6.45, 7) is 5.04. The number of benzene rings is 1. The zero-order chi connectivity index (χ0) is 13.7. The summed E-state index contributed by atoms with van der Waals surface area (Å²) in [5.74, 6) is 0.306. The maximum atomic E-state index is 8.56. The van der Waals surface area contributed by atoms with Crippen molar-refractivity contribution in [1.29, 1.82) is 0 Å². The Kier molecular flexibility index (Phi) is 5.10. The molecule has 1 atom stereocenters. The van der Waals surface area contributed by atoms with Gasteiger partial charge in [0, 0.05) is 29.7 Å². The zero-order valence-corrected chi connectivity index (χ0v) is 12.1. The molecule has 3 N–H and O–H groups in total. The predicted molar refractivity (Wildman–Crippen MR) is 79.9 cm³/mol. The summed E-state index contributed by atoms with van der Waals surface area (Å²) < 4.78 is 0. The molecule has 19 heavy (non-hydrogen) atoms. The second-order valence-electron chi connectivity index (χ2n) is 4.79. The van der Waals surface area contributed by atoms with Gasteiger partial charge in [0.05, 0.1) is 0 Å². The molecule has 0 bridgehead atoms. The normalized spacial score (nSPS) is 18.8. The first-order chi connectivity index (χ1) is 9.22. The first-order valence-corrected chi connectivity index (χ1v) is 7.54. The van der Waals surface area contributed by atoms with Crippen molar-refractivity contribution in [3.05, 3.63) is 29.8 Å². The summed E-state index contributed by atoms with van der Waals surface area (Å²) in [6, 6.07) is 8.63. The van der Waals surface area contributed by atoms with E-state index in [0.717, 1.165) is 26.1 Å². The molecule has 1 aromatic rings. The highest BCUT2D eigenvalue weighted by atomic mass is 32.2. The molecule has 1 aromatic carbocycles. The molecule has 0 spiro atoms. The monoisotopic (exact) mass is 279 g/mol. The van der Waals surface area contributed by atoms with Gasteiger partial charge in [-0.05, 0) is 24.6 Å². The van der Waals surface area contributed by atoms with Gasteiger partial charge >= 0.3 is 0 Å². The van der Waals surface area contributed by atoms with E-state index in [-0.39, 0.29) is 0 Å². The maximum Gasteiger partial charge on any atom is 0.140 e. The molecule has 0 aliphatic carbocycles. The fourth-order valence-corrected chi connectivity index (χ4v) is 3.71. The second kappa shape index (κ2) is 6.82. The average Bonchev–Trinajstić information content (AvgIpc) is 2.85. The largest absolute Gasteiger partial charge is 0.409 e. The van der Waals surface area contributed by atoms with Gasteiger partial charge in [-0.15, -0.1) is 11.8 Å². The van der Waals surface area contributed by atoms with E-state index in [1.165, 1.54) is 10.5 Å². The number of nitrogens with zero attached hydrogens (tertiary/aromatic N) is 2. The van der Waals surface area contributed by atoms with Crippen molar-refractivity contribution in [3.63, 3.8) is 0 Å². The molecule has 0 radical (unpaired) electrons. The predicted octanol–water partition coefficient (Wildman–Crippen LogP) is 2.16. The molecule has 1 unspecified atom stereocenters. The zero-order valence-electron chi connectivity index (χ0n) is 11.2. The molecule has 1 heterocycles. The van der Waals surface area contributed by atoms with Gasteiger partial charge < -0.3 is 15.8 Å². The van der Waals surface area contributed by atoms with E-state index in [9.17, 15) is 0 Å². The van der Waals surface area contributed by atoms with E-state index >= 15 is 0 Å². The van der Waals surface area contributed by atoms with Crippen LogP contribution in [0.25, 0.3) is 0 Å². The van der Waals surface area contributed by atoms with Crippen molar-refractivity contribution in [1.82, 2.24) is 4.90 Å². The molecule has 5 heteroatoms. The van der Waals surface area contributed by atoms with Crippen LogP contribution in [0.1, 0.15) is 18.9 Å². The lowest BCUT2D eigenvalue weighted by molar-refractivity contribution is 0.290. The Morgan fingerprint density at radius 3 is 3.00 bits per heavy atom. The molecule has 0 fully saturated rings. The Morgan fingerprint density at radius 1 is 1.53 bits per heavy atom. The van der Waals surface area contributed by atoms with E-state index in [4.69, 9.17) is 10.9 Å². The van der Waals surface area contributed by atoms with Crippen molar-refractivity contribution in [2.24, 2.45) is 10.9 Å². The smallest absolute Gasteiger partial charge is 0.140 e. The fraction of sp³-hybridized carbons (Fsp3) is 0.500. The highest BCUT2D eigenvalue weighted by Gasteiger charge is 2.23. The quantitative estimate of drug-likeness (QED) is 0.362. The summed E-state index contributed by atoms with van der Waals surface area (Å²) in [7, 11) is 0. The SMILES string of the molecule is CCN(CCC(N)=NO)CC1Cc2ccccc2S1. The molecular formula is C14H21N3OS. The Bertz CT molecular complexity index is 425. The second-order valence-corrected chi connectivity index (χ2v) is 6.13. The van der Waals surface area contributed by atoms with Gasteiger partial charge in [0.2, 0.25) is 0 Å². The first-order valence-electron chi connectivity index (χ1n) is 6.66. The van der Waals surface area contributed by atoms with E-state index in [1.54, 1.807) is 0 Å². The van der Waals surface area contributed by atoms with Crippen LogP contribution in [0.2, 0.25) is 0 Å².